The zero-order chi connectivity index (χ0) is 17.6. The summed E-state index contributed by atoms with van der Waals surface area (Å²) in [6, 6.07) is 14.9. The van der Waals surface area contributed by atoms with Gasteiger partial charge in [0.2, 0.25) is 0 Å². The van der Waals surface area contributed by atoms with Crippen molar-refractivity contribution in [3.63, 3.8) is 0 Å². The third-order valence-electron chi connectivity index (χ3n) is 4.51. The van der Waals surface area contributed by atoms with Crippen molar-refractivity contribution in [3.8, 4) is 5.75 Å². The van der Waals surface area contributed by atoms with E-state index >= 15 is 0 Å². The molecule has 0 bridgehead atoms. The van der Waals surface area contributed by atoms with Crippen molar-refractivity contribution in [1.82, 2.24) is 4.90 Å². The van der Waals surface area contributed by atoms with Gasteiger partial charge in [-0.15, -0.1) is 0 Å². The van der Waals surface area contributed by atoms with Crippen molar-refractivity contribution in [2.45, 2.75) is 25.4 Å². The van der Waals surface area contributed by atoms with E-state index in [9.17, 15) is 10.1 Å². The summed E-state index contributed by atoms with van der Waals surface area (Å²) in [5.41, 5.74) is 1.34. The lowest BCUT2D eigenvalue weighted by molar-refractivity contribution is -0.384. The predicted octanol–water partition coefficient (Wildman–Crippen LogP) is 4.33. The van der Waals surface area contributed by atoms with Crippen LogP contribution < -0.4 is 4.74 Å². The maximum atomic E-state index is 10.8. The average Bonchev–Trinajstić information content (AvgIpc) is 2.63. The molecule has 5 nitrogen and oxygen atoms in total. The molecule has 0 atom stereocenters. The van der Waals surface area contributed by atoms with E-state index in [1.807, 2.05) is 6.07 Å². The molecule has 25 heavy (non-hydrogen) atoms. The molecular weight excluding hydrogens is 340 g/mol. The second-order valence-electron chi connectivity index (χ2n) is 6.27. The highest BCUT2D eigenvalue weighted by atomic mass is 35.5. The van der Waals surface area contributed by atoms with Crippen LogP contribution in [0.1, 0.15) is 18.4 Å². The molecule has 1 heterocycles. The van der Waals surface area contributed by atoms with Crippen LogP contribution in [0.15, 0.2) is 48.5 Å². The molecule has 2 aromatic rings. The smallest absolute Gasteiger partial charge is 0.271 e. The number of rotatable bonds is 6. The number of nitro benzene ring substituents is 1. The fraction of sp³-hybridized carbons (Fsp3) is 0.368. The number of halogens is 1. The summed E-state index contributed by atoms with van der Waals surface area (Å²) >= 11 is 6.10. The predicted molar refractivity (Wildman–Crippen MR) is 98.3 cm³/mol. The van der Waals surface area contributed by atoms with Gasteiger partial charge in [-0.05, 0) is 30.9 Å². The molecule has 1 aliphatic heterocycles. The van der Waals surface area contributed by atoms with Crippen LogP contribution in [0.3, 0.4) is 0 Å². The molecule has 6 heteroatoms. The molecule has 1 saturated heterocycles. The minimum Gasteiger partial charge on any atom is -0.489 e. The van der Waals surface area contributed by atoms with Crippen molar-refractivity contribution in [2.24, 2.45) is 0 Å². The maximum Gasteiger partial charge on any atom is 0.271 e. The van der Waals surface area contributed by atoms with Crippen molar-refractivity contribution < 1.29 is 9.66 Å². The monoisotopic (exact) mass is 360 g/mol. The third-order valence-corrected chi connectivity index (χ3v) is 4.81. The van der Waals surface area contributed by atoms with Gasteiger partial charge in [0.15, 0.2) is 0 Å². The number of benzene rings is 2. The SMILES string of the molecule is O=[N+]([O-])c1ccc(OC2CCN(CCc3ccccc3)CC2)c(Cl)c1. The highest BCUT2D eigenvalue weighted by molar-refractivity contribution is 6.32. The van der Waals surface area contributed by atoms with E-state index in [0.717, 1.165) is 38.9 Å². The number of piperidine rings is 1. The molecule has 0 spiro atoms. The fourth-order valence-electron chi connectivity index (χ4n) is 3.06. The maximum absolute atomic E-state index is 10.8. The molecule has 0 aromatic heterocycles. The van der Waals surface area contributed by atoms with Gasteiger partial charge in [-0.3, -0.25) is 10.1 Å². The Morgan fingerprint density at radius 2 is 1.88 bits per heavy atom. The van der Waals surface area contributed by atoms with Gasteiger partial charge in [0.05, 0.1) is 9.95 Å². The summed E-state index contributed by atoms with van der Waals surface area (Å²) < 4.78 is 5.95. The fourth-order valence-corrected chi connectivity index (χ4v) is 3.28. The van der Waals surface area contributed by atoms with Crippen molar-refractivity contribution in [1.29, 1.82) is 0 Å². The van der Waals surface area contributed by atoms with E-state index in [1.165, 1.54) is 17.7 Å². The molecule has 1 fully saturated rings. The molecule has 132 valence electrons. The van der Waals surface area contributed by atoms with Crippen molar-refractivity contribution >= 4 is 17.3 Å². The summed E-state index contributed by atoms with van der Waals surface area (Å²) in [5, 5.41) is 11.0. The normalized spacial score (nSPS) is 15.9. The summed E-state index contributed by atoms with van der Waals surface area (Å²) in [6.45, 7) is 3.03. The first-order chi connectivity index (χ1) is 12.1. The van der Waals surface area contributed by atoms with Gasteiger partial charge in [0.1, 0.15) is 11.9 Å². The van der Waals surface area contributed by atoms with Gasteiger partial charge >= 0.3 is 0 Å². The Kier molecular flexibility index (Phi) is 5.89. The molecule has 3 rings (SSSR count). The Morgan fingerprint density at radius 1 is 1.16 bits per heavy atom. The first kappa shape index (κ1) is 17.7. The Bertz CT molecular complexity index is 716. The third kappa shape index (κ3) is 4.94. The highest BCUT2D eigenvalue weighted by Gasteiger charge is 2.21. The van der Waals surface area contributed by atoms with Crippen LogP contribution in [0.4, 0.5) is 5.69 Å². The summed E-state index contributed by atoms with van der Waals surface area (Å²) in [5.74, 6) is 0.523. The van der Waals surface area contributed by atoms with Gasteiger partial charge in [-0.25, -0.2) is 0 Å². The molecule has 2 aromatic carbocycles. The molecule has 0 amide bonds. The molecule has 0 N–H and O–H groups in total. The second kappa shape index (κ2) is 8.32. The number of nitrogens with zero attached hydrogens (tertiary/aromatic N) is 2. The van der Waals surface area contributed by atoms with Crippen LogP contribution in [0.25, 0.3) is 0 Å². The Labute approximate surface area is 152 Å². The van der Waals surface area contributed by atoms with E-state index in [4.69, 9.17) is 16.3 Å². The van der Waals surface area contributed by atoms with Crippen LogP contribution in [0, 0.1) is 10.1 Å². The molecule has 0 aliphatic carbocycles. The lowest BCUT2D eigenvalue weighted by atomic mass is 10.1. The lowest BCUT2D eigenvalue weighted by Gasteiger charge is -2.32. The molecule has 0 radical (unpaired) electrons. The summed E-state index contributed by atoms with van der Waals surface area (Å²) in [4.78, 5) is 12.7. The molecular formula is C19H21ClN2O3. The van der Waals surface area contributed by atoms with E-state index in [2.05, 4.69) is 29.2 Å². The standard InChI is InChI=1S/C19H21ClN2O3/c20-18-14-16(22(23)24)6-7-19(18)25-17-9-12-21(13-10-17)11-8-15-4-2-1-3-5-15/h1-7,14,17H,8-13H2. The van der Waals surface area contributed by atoms with E-state index < -0.39 is 4.92 Å². The zero-order valence-electron chi connectivity index (χ0n) is 13.9. The number of ether oxygens (including phenoxy) is 1. The number of hydrogen-bond acceptors (Lipinski definition) is 4. The largest absolute Gasteiger partial charge is 0.489 e. The van der Waals surface area contributed by atoms with E-state index in [0.29, 0.717) is 10.8 Å². The summed E-state index contributed by atoms with van der Waals surface area (Å²) in [7, 11) is 0. The molecule has 0 unspecified atom stereocenters. The minimum atomic E-state index is -0.457. The van der Waals surface area contributed by atoms with Crippen LogP contribution in [0.5, 0.6) is 5.75 Å². The topological polar surface area (TPSA) is 55.6 Å². The first-order valence-corrected chi connectivity index (χ1v) is 8.86. The van der Waals surface area contributed by atoms with Gasteiger partial charge in [0, 0.05) is 31.8 Å². The van der Waals surface area contributed by atoms with Gasteiger partial charge in [0.25, 0.3) is 5.69 Å². The Morgan fingerprint density at radius 3 is 2.52 bits per heavy atom. The van der Waals surface area contributed by atoms with Crippen molar-refractivity contribution in [2.75, 3.05) is 19.6 Å². The first-order valence-electron chi connectivity index (χ1n) is 8.49. The number of likely N-dealkylation sites (tertiary alicyclic amines) is 1. The minimum absolute atomic E-state index is 0.0203. The van der Waals surface area contributed by atoms with Crippen LogP contribution in [0.2, 0.25) is 5.02 Å². The second-order valence-corrected chi connectivity index (χ2v) is 6.67. The van der Waals surface area contributed by atoms with Crippen LogP contribution >= 0.6 is 11.6 Å². The lowest BCUT2D eigenvalue weighted by Crippen LogP contribution is -2.39. The van der Waals surface area contributed by atoms with E-state index in [1.54, 1.807) is 6.07 Å². The number of nitro groups is 1. The quantitative estimate of drug-likeness (QED) is 0.568. The van der Waals surface area contributed by atoms with E-state index in [-0.39, 0.29) is 11.8 Å². The van der Waals surface area contributed by atoms with Gasteiger partial charge in [-0.1, -0.05) is 41.9 Å². The number of non-ortho nitro benzene ring substituents is 1. The Hall–Kier alpha value is -2.11. The van der Waals surface area contributed by atoms with Gasteiger partial charge in [-0.2, -0.15) is 0 Å². The zero-order valence-corrected chi connectivity index (χ0v) is 14.7. The highest BCUT2D eigenvalue weighted by Crippen LogP contribution is 2.30. The van der Waals surface area contributed by atoms with Crippen LogP contribution in [-0.4, -0.2) is 35.6 Å². The summed E-state index contributed by atoms with van der Waals surface area (Å²) in [6.07, 6.45) is 3.03. The van der Waals surface area contributed by atoms with Crippen LogP contribution in [-0.2, 0) is 6.42 Å². The van der Waals surface area contributed by atoms with Crippen molar-refractivity contribution in [3.05, 3.63) is 69.2 Å². The molecule has 1 aliphatic rings. The number of hydrogen-bond donors (Lipinski definition) is 0. The Balaban J connectivity index is 1.47. The molecule has 0 saturated carbocycles. The average molecular weight is 361 g/mol. The van der Waals surface area contributed by atoms with Gasteiger partial charge < -0.3 is 9.64 Å².